The van der Waals surface area contributed by atoms with Crippen molar-refractivity contribution < 1.29 is 14.7 Å². The highest BCUT2D eigenvalue weighted by Gasteiger charge is 2.01. The van der Waals surface area contributed by atoms with Gasteiger partial charge in [-0.3, -0.25) is 9.59 Å². The molecule has 0 unspecified atom stereocenters. The molecule has 0 aromatic carbocycles. The fourth-order valence-electron chi connectivity index (χ4n) is 0.954. The lowest BCUT2D eigenvalue weighted by Crippen LogP contribution is -2.25. The molecule has 5 heteroatoms. The molecule has 0 saturated carbocycles. The van der Waals surface area contributed by atoms with Crippen LogP contribution >= 0.6 is 15.9 Å². The first-order chi connectivity index (χ1) is 6.66. The SMILES string of the molecule is O=C(O)CCNC(=O)CCCCCBr. The Morgan fingerprint density at radius 2 is 1.86 bits per heavy atom. The summed E-state index contributed by atoms with van der Waals surface area (Å²) >= 11 is 3.31. The van der Waals surface area contributed by atoms with E-state index in [2.05, 4.69) is 21.2 Å². The first-order valence-corrected chi connectivity index (χ1v) is 5.83. The quantitative estimate of drug-likeness (QED) is 0.517. The van der Waals surface area contributed by atoms with Gasteiger partial charge in [-0.2, -0.15) is 0 Å². The summed E-state index contributed by atoms with van der Waals surface area (Å²) in [6.07, 6.45) is 3.45. The van der Waals surface area contributed by atoms with Gasteiger partial charge in [-0.25, -0.2) is 0 Å². The monoisotopic (exact) mass is 265 g/mol. The largest absolute Gasteiger partial charge is 0.481 e. The second kappa shape index (κ2) is 8.99. The Morgan fingerprint density at radius 1 is 1.14 bits per heavy atom. The molecule has 14 heavy (non-hydrogen) atoms. The molecular weight excluding hydrogens is 250 g/mol. The summed E-state index contributed by atoms with van der Waals surface area (Å²) in [5.41, 5.74) is 0. The van der Waals surface area contributed by atoms with E-state index in [1.165, 1.54) is 0 Å². The smallest absolute Gasteiger partial charge is 0.305 e. The third-order valence-corrected chi connectivity index (χ3v) is 2.26. The minimum atomic E-state index is -0.885. The first kappa shape index (κ1) is 13.4. The van der Waals surface area contributed by atoms with E-state index in [0.29, 0.717) is 6.42 Å². The molecule has 82 valence electrons. The van der Waals surface area contributed by atoms with E-state index in [9.17, 15) is 9.59 Å². The van der Waals surface area contributed by atoms with Crippen LogP contribution < -0.4 is 5.32 Å². The van der Waals surface area contributed by atoms with Crippen LogP contribution in [0.1, 0.15) is 32.1 Å². The highest BCUT2D eigenvalue weighted by molar-refractivity contribution is 9.09. The summed E-state index contributed by atoms with van der Waals surface area (Å²) < 4.78 is 0. The van der Waals surface area contributed by atoms with Crippen molar-refractivity contribution in [3.8, 4) is 0 Å². The summed E-state index contributed by atoms with van der Waals surface area (Å²) in [6, 6.07) is 0. The van der Waals surface area contributed by atoms with Gasteiger partial charge < -0.3 is 10.4 Å². The Bertz CT molecular complexity index is 185. The zero-order valence-electron chi connectivity index (χ0n) is 8.09. The van der Waals surface area contributed by atoms with Gasteiger partial charge in [0.1, 0.15) is 0 Å². The van der Waals surface area contributed by atoms with E-state index in [1.54, 1.807) is 0 Å². The average Bonchev–Trinajstić information content (AvgIpc) is 2.12. The number of carbonyl (C=O) groups excluding carboxylic acids is 1. The summed E-state index contributed by atoms with van der Waals surface area (Å²) in [6.45, 7) is 0.229. The topological polar surface area (TPSA) is 66.4 Å². The van der Waals surface area contributed by atoms with Crippen LogP contribution in [-0.4, -0.2) is 28.9 Å². The number of alkyl halides is 1. The molecule has 0 aromatic heterocycles. The summed E-state index contributed by atoms with van der Waals surface area (Å²) in [7, 11) is 0. The van der Waals surface area contributed by atoms with E-state index in [4.69, 9.17) is 5.11 Å². The molecule has 0 aliphatic rings. The maximum atomic E-state index is 11.1. The Hall–Kier alpha value is -0.580. The number of nitrogens with one attached hydrogen (secondary N) is 1. The number of carboxylic acids is 1. The molecule has 1 amide bonds. The first-order valence-electron chi connectivity index (χ1n) is 4.71. The van der Waals surface area contributed by atoms with Gasteiger partial charge in [-0.1, -0.05) is 22.4 Å². The highest BCUT2D eigenvalue weighted by atomic mass is 79.9. The fraction of sp³-hybridized carbons (Fsp3) is 0.778. The van der Waals surface area contributed by atoms with Crippen LogP contribution in [-0.2, 0) is 9.59 Å². The fourth-order valence-corrected chi connectivity index (χ4v) is 1.35. The van der Waals surface area contributed by atoms with E-state index in [0.717, 1.165) is 24.6 Å². The van der Waals surface area contributed by atoms with Crippen molar-refractivity contribution in [1.82, 2.24) is 5.32 Å². The number of rotatable bonds is 8. The molecule has 0 saturated heterocycles. The number of aliphatic carboxylic acids is 1. The number of carboxylic acid groups (broad SMARTS) is 1. The molecule has 0 heterocycles. The average molecular weight is 266 g/mol. The predicted octanol–water partition coefficient (Wildman–Crippen LogP) is 1.53. The Labute approximate surface area is 92.2 Å². The summed E-state index contributed by atoms with van der Waals surface area (Å²) in [5, 5.41) is 11.8. The lowest BCUT2D eigenvalue weighted by molar-refractivity contribution is -0.136. The normalized spacial score (nSPS) is 9.79. The summed E-state index contributed by atoms with van der Waals surface area (Å²) in [4.78, 5) is 21.2. The lowest BCUT2D eigenvalue weighted by Gasteiger charge is -2.02. The Kier molecular flexibility index (Phi) is 8.62. The van der Waals surface area contributed by atoms with E-state index in [-0.39, 0.29) is 18.9 Å². The minimum absolute atomic E-state index is 0.00681. The molecule has 0 spiro atoms. The van der Waals surface area contributed by atoms with E-state index < -0.39 is 5.97 Å². The van der Waals surface area contributed by atoms with E-state index >= 15 is 0 Å². The number of amides is 1. The maximum Gasteiger partial charge on any atom is 0.305 e. The zero-order valence-corrected chi connectivity index (χ0v) is 9.68. The molecule has 0 aliphatic heterocycles. The van der Waals surface area contributed by atoms with Gasteiger partial charge in [0.05, 0.1) is 6.42 Å². The van der Waals surface area contributed by atoms with Gasteiger partial charge in [0, 0.05) is 18.3 Å². The molecule has 0 bridgehead atoms. The molecule has 0 rings (SSSR count). The van der Waals surface area contributed by atoms with Crippen molar-refractivity contribution in [2.45, 2.75) is 32.1 Å². The minimum Gasteiger partial charge on any atom is -0.481 e. The molecule has 0 atom stereocenters. The van der Waals surface area contributed by atoms with Crippen LogP contribution in [0.4, 0.5) is 0 Å². The molecule has 0 aromatic rings. The van der Waals surface area contributed by atoms with Crippen molar-refractivity contribution in [3.05, 3.63) is 0 Å². The predicted molar refractivity (Wildman–Crippen MR) is 57.5 cm³/mol. The maximum absolute atomic E-state index is 11.1. The van der Waals surface area contributed by atoms with Crippen LogP contribution in [0.15, 0.2) is 0 Å². The van der Waals surface area contributed by atoms with Gasteiger partial charge >= 0.3 is 5.97 Å². The van der Waals surface area contributed by atoms with Gasteiger partial charge in [0.25, 0.3) is 0 Å². The van der Waals surface area contributed by atoms with Crippen LogP contribution in [0.3, 0.4) is 0 Å². The van der Waals surface area contributed by atoms with Gasteiger partial charge in [-0.15, -0.1) is 0 Å². The number of unbranched alkanes of at least 4 members (excludes halogenated alkanes) is 2. The van der Waals surface area contributed by atoms with Crippen LogP contribution in [0, 0.1) is 0 Å². The molecule has 4 nitrogen and oxygen atoms in total. The van der Waals surface area contributed by atoms with Gasteiger partial charge in [0.2, 0.25) is 5.91 Å². The second-order valence-electron chi connectivity index (χ2n) is 2.99. The Morgan fingerprint density at radius 3 is 2.43 bits per heavy atom. The van der Waals surface area contributed by atoms with Crippen molar-refractivity contribution in [3.63, 3.8) is 0 Å². The van der Waals surface area contributed by atoms with Crippen molar-refractivity contribution in [2.24, 2.45) is 0 Å². The second-order valence-corrected chi connectivity index (χ2v) is 3.79. The molecule has 0 aliphatic carbocycles. The number of hydrogen-bond acceptors (Lipinski definition) is 2. The number of hydrogen-bond donors (Lipinski definition) is 2. The van der Waals surface area contributed by atoms with Crippen molar-refractivity contribution >= 4 is 27.8 Å². The van der Waals surface area contributed by atoms with Crippen LogP contribution in [0.2, 0.25) is 0 Å². The molecule has 0 fully saturated rings. The number of carbonyl (C=O) groups is 2. The van der Waals surface area contributed by atoms with Gasteiger partial charge in [0.15, 0.2) is 0 Å². The highest BCUT2D eigenvalue weighted by Crippen LogP contribution is 2.01. The molecule has 0 radical (unpaired) electrons. The lowest BCUT2D eigenvalue weighted by atomic mass is 10.2. The Balaban J connectivity index is 3.24. The van der Waals surface area contributed by atoms with Crippen LogP contribution in [0.25, 0.3) is 0 Å². The van der Waals surface area contributed by atoms with Crippen molar-refractivity contribution in [1.29, 1.82) is 0 Å². The third-order valence-electron chi connectivity index (χ3n) is 1.70. The standard InChI is InChI=1S/C9H16BrNO3/c10-6-3-1-2-4-8(12)11-7-5-9(13)14/h1-7H2,(H,11,12)(H,13,14). The molecule has 2 N–H and O–H groups in total. The number of halogens is 1. The van der Waals surface area contributed by atoms with E-state index in [1.807, 2.05) is 0 Å². The van der Waals surface area contributed by atoms with Gasteiger partial charge in [-0.05, 0) is 12.8 Å². The third kappa shape index (κ3) is 9.51. The van der Waals surface area contributed by atoms with Crippen molar-refractivity contribution in [2.75, 3.05) is 11.9 Å². The van der Waals surface area contributed by atoms with Crippen LogP contribution in [0.5, 0.6) is 0 Å². The zero-order chi connectivity index (χ0) is 10.8. The molecular formula is C9H16BrNO3. The summed E-state index contributed by atoms with van der Waals surface area (Å²) in [5.74, 6) is -0.939.